The van der Waals surface area contributed by atoms with Crippen molar-refractivity contribution < 1.29 is 14.4 Å². The molecule has 0 radical (unpaired) electrons. The summed E-state index contributed by atoms with van der Waals surface area (Å²) < 4.78 is 0. The van der Waals surface area contributed by atoms with E-state index in [0.29, 0.717) is 12.8 Å². The molecule has 0 aliphatic carbocycles. The van der Waals surface area contributed by atoms with E-state index in [2.05, 4.69) is 15.5 Å². The van der Waals surface area contributed by atoms with Gasteiger partial charge in [-0.2, -0.15) is 0 Å². The average Bonchev–Trinajstić information content (AvgIpc) is 2.64. The Morgan fingerprint density at radius 2 is 1.14 bits per heavy atom. The van der Waals surface area contributed by atoms with E-state index in [4.69, 9.17) is 0 Å². The number of Topliss-reactive ketones (excluding diaryl/α,β-unsaturated/α-hetero) is 1. The molecular weight excluding hydrogens is 354 g/mol. The van der Waals surface area contributed by atoms with Gasteiger partial charge in [-0.3, -0.25) is 19.3 Å². The first-order valence-electron chi connectivity index (χ1n) is 9.32. The predicted molar refractivity (Wildman–Crippen MR) is 109 cm³/mol. The first kappa shape index (κ1) is 19.8. The highest BCUT2D eigenvalue weighted by atomic mass is 16.2. The average molecular weight is 379 g/mol. The largest absolute Gasteiger partial charge is 0.326 e. The van der Waals surface area contributed by atoms with Gasteiger partial charge in [-0.05, 0) is 42.4 Å². The summed E-state index contributed by atoms with van der Waals surface area (Å²) in [5, 5.41) is 5.52. The van der Waals surface area contributed by atoms with Crippen LogP contribution in [0.15, 0.2) is 48.5 Å². The number of ketones is 1. The first-order valence-corrected chi connectivity index (χ1v) is 9.32. The highest BCUT2D eigenvalue weighted by Crippen LogP contribution is 2.39. The number of rotatable bonds is 4. The van der Waals surface area contributed by atoms with Crippen LogP contribution < -0.4 is 10.6 Å². The van der Waals surface area contributed by atoms with Crippen molar-refractivity contribution in [2.24, 2.45) is 0 Å². The number of amides is 2. The van der Waals surface area contributed by atoms with Gasteiger partial charge in [0.25, 0.3) is 0 Å². The summed E-state index contributed by atoms with van der Waals surface area (Å²) >= 11 is 0. The molecule has 0 aromatic heterocycles. The maximum absolute atomic E-state index is 12.5. The van der Waals surface area contributed by atoms with E-state index in [-0.39, 0.29) is 29.7 Å². The molecule has 146 valence electrons. The molecule has 2 amide bonds. The fourth-order valence-electron chi connectivity index (χ4n) is 3.71. The summed E-state index contributed by atoms with van der Waals surface area (Å²) in [6.07, 6.45) is 0.937. The van der Waals surface area contributed by atoms with Gasteiger partial charge in [0.05, 0.1) is 0 Å². The second-order valence-electron chi connectivity index (χ2n) is 7.25. The van der Waals surface area contributed by atoms with Crippen molar-refractivity contribution in [1.29, 1.82) is 0 Å². The monoisotopic (exact) mass is 379 g/mol. The lowest BCUT2D eigenvalue weighted by Gasteiger charge is -2.39. The van der Waals surface area contributed by atoms with Crippen molar-refractivity contribution in [3.05, 3.63) is 59.7 Å². The van der Waals surface area contributed by atoms with Crippen LogP contribution in [-0.2, 0) is 14.4 Å². The molecule has 0 spiro atoms. The molecule has 3 rings (SSSR count). The number of carbonyl (C=O) groups is 3. The molecule has 0 saturated carbocycles. The normalized spacial score (nSPS) is 19.9. The molecular formula is C22H25N3O3. The lowest BCUT2D eigenvalue weighted by Crippen LogP contribution is -2.37. The number of likely N-dealkylation sites (tertiary alicyclic amines) is 1. The van der Waals surface area contributed by atoms with Gasteiger partial charge < -0.3 is 10.6 Å². The van der Waals surface area contributed by atoms with Crippen LogP contribution in [0.2, 0.25) is 0 Å². The molecule has 6 heteroatoms. The van der Waals surface area contributed by atoms with Gasteiger partial charge in [-0.1, -0.05) is 24.3 Å². The molecule has 1 heterocycles. The van der Waals surface area contributed by atoms with Crippen LogP contribution in [-0.4, -0.2) is 29.5 Å². The Bertz CT molecular complexity index is 803. The molecule has 0 bridgehead atoms. The smallest absolute Gasteiger partial charge is 0.221 e. The summed E-state index contributed by atoms with van der Waals surface area (Å²) in [6.45, 7) is 2.95. The Hall–Kier alpha value is -2.99. The molecule has 6 nitrogen and oxygen atoms in total. The summed E-state index contributed by atoms with van der Waals surface area (Å²) in [4.78, 5) is 37.1. The van der Waals surface area contributed by atoms with Crippen LogP contribution in [0.25, 0.3) is 0 Å². The molecule has 1 fully saturated rings. The van der Waals surface area contributed by atoms with Gasteiger partial charge in [-0.25, -0.2) is 0 Å². The molecule has 0 unspecified atom stereocenters. The number of nitrogens with one attached hydrogen (secondary N) is 2. The molecule has 2 aromatic carbocycles. The Balaban J connectivity index is 1.80. The highest BCUT2D eigenvalue weighted by molar-refractivity contribution is 5.89. The number of piperidine rings is 1. The van der Waals surface area contributed by atoms with Crippen LogP contribution in [0.3, 0.4) is 0 Å². The van der Waals surface area contributed by atoms with E-state index < -0.39 is 0 Å². The second-order valence-corrected chi connectivity index (χ2v) is 7.25. The van der Waals surface area contributed by atoms with Gasteiger partial charge in [0.15, 0.2) is 0 Å². The zero-order chi connectivity index (χ0) is 20.3. The van der Waals surface area contributed by atoms with Crippen LogP contribution in [0.1, 0.15) is 49.9 Å². The first-order chi connectivity index (χ1) is 13.3. The third kappa shape index (κ3) is 4.64. The number of hydrogen-bond acceptors (Lipinski definition) is 4. The zero-order valence-electron chi connectivity index (χ0n) is 16.4. The number of benzene rings is 2. The van der Waals surface area contributed by atoms with Crippen molar-refractivity contribution in [2.75, 3.05) is 17.7 Å². The minimum atomic E-state index is -0.111. The van der Waals surface area contributed by atoms with E-state index in [1.807, 2.05) is 55.6 Å². The van der Waals surface area contributed by atoms with Gasteiger partial charge in [0.1, 0.15) is 5.78 Å². The van der Waals surface area contributed by atoms with Crippen molar-refractivity contribution in [1.82, 2.24) is 4.90 Å². The van der Waals surface area contributed by atoms with Crippen molar-refractivity contribution in [2.45, 2.75) is 38.8 Å². The Labute approximate surface area is 164 Å². The fourth-order valence-corrected chi connectivity index (χ4v) is 3.71. The number of carbonyl (C=O) groups excluding carboxylic acids is 3. The van der Waals surface area contributed by atoms with E-state index in [1.54, 1.807) is 0 Å². The topological polar surface area (TPSA) is 78.5 Å². The van der Waals surface area contributed by atoms with Crippen molar-refractivity contribution in [3.63, 3.8) is 0 Å². The SMILES string of the molecule is CC(=O)Nc1ccc([C@H]2CC(=O)C[C@@H](c3ccc(NC(C)=O)cc3)N2C)cc1. The standard InChI is InChI=1S/C22H25N3O3/c1-14(26)23-18-8-4-16(5-9-18)21-12-20(28)13-22(25(21)3)17-6-10-19(11-7-17)24-15(2)27/h4-11,21-22H,12-13H2,1-3H3,(H,23,26)(H,24,27)/t21-,22+. The zero-order valence-corrected chi connectivity index (χ0v) is 16.4. The van der Waals surface area contributed by atoms with E-state index in [0.717, 1.165) is 22.5 Å². The van der Waals surface area contributed by atoms with Crippen molar-refractivity contribution in [3.8, 4) is 0 Å². The molecule has 1 aliphatic rings. The van der Waals surface area contributed by atoms with Gasteiger partial charge in [0.2, 0.25) is 11.8 Å². The van der Waals surface area contributed by atoms with Crippen LogP contribution in [0.5, 0.6) is 0 Å². The quantitative estimate of drug-likeness (QED) is 0.849. The maximum atomic E-state index is 12.5. The number of nitrogens with zero attached hydrogens (tertiary/aromatic N) is 1. The van der Waals surface area contributed by atoms with Crippen LogP contribution >= 0.6 is 0 Å². The third-order valence-electron chi connectivity index (χ3n) is 5.06. The second kappa shape index (κ2) is 8.35. The predicted octanol–water partition coefficient (Wildman–Crippen LogP) is 3.68. The lowest BCUT2D eigenvalue weighted by atomic mass is 9.87. The number of anilines is 2. The fraction of sp³-hybridized carbons (Fsp3) is 0.318. The minimum absolute atomic E-state index is 0.0207. The minimum Gasteiger partial charge on any atom is -0.326 e. The number of hydrogen-bond donors (Lipinski definition) is 2. The summed E-state index contributed by atoms with van der Waals surface area (Å²) in [5.74, 6) is 0.00551. The van der Waals surface area contributed by atoms with Gasteiger partial charge >= 0.3 is 0 Å². The highest BCUT2D eigenvalue weighted by Gasteiger charge is 2.33. The van der Waals surface area contributed by atoms with Gasteiger partial charge in [0, 0.05) is 50.1 Å². The Morgan fingerprint density at radius 3 is 1.46 bits per heavy atom. The molecule has 2 N–H and O–H groups in total. The molecule has 2 atom stereocenters. The van der Waals surface area contributed by atoms with E-state index >= 15 is 0 Å². The van der Waals surface area contributed by atoms with Crippen LogP contribution in [0, 0.1) is 0 Å². The Kier molecular flexibility index (Phi) is 5.90. The van der Waals surface area contributed by atoms with Crippen LogP contribution in [0.4, 0.5) is 11.4 Å². The summed E-state index contributed by atoms with van der Waals surface area (Å²) in [5.41, 5.74) is 3.58. The van der Waals surface area contributed by atoms with E-state index in [9.17, 15) is 14.4 Å². The maximum Gasteiger partial charge on any atom is 0.221 e. The van der Waals surface area contributed by atoms with E-state index in [1.165, 1.54) is 13.8 Å². The molecule has 2 aromatic rings. The molecule has 1 aliphatic heterocycles. The molecule has 1 saturated heterocycles. The molecule has 28 heavy (non-hydrogen) atoms. The lowest BCUT2D eigenvalue weighted by molar-refractivity contribution is -0.125. The Morgan fingerprint density at radius 1 is 0.786 bits per heavy atom. The summed E-state index contributed by atoms with van der Waals surface area (Å²) in [6, 6.07) is 15.2. The summed E-state index contributed by atoms with van der Waals surface area (Å²) in [7, 11) is 2.03. The van der Waals surface area contributed by atoms with Gasteiger partial charge in [-0.15, -0.1) is 0 Å². The third-order valence-corrected chi connectivity index (χ3v) is 5.06. The van der Waals surface area contributed by atoms with Crippen molar-refractivity contribution >= 4 is 29.0 Å².